The van der Waals surface area contributed by atoms with E-state index in [4.69, 9.17) is 0 Å². The zero-order chi connectivity index (χ0) is 13.3. The molecule has 18 heavy (non-hydrogen) atoms. The van der Waals surface area contributed by atoms with Gasteiger partial charge >= 0.3 is 0 Å². The molecule has 0 amide bonds. The molecule has 0 aliphatic carbocycles. The predicted molar refractivity (Wildman–Crippen MR) is 82.3 cm³/mol. The van der Waals surface area contributed by atoms with Gasteiger partial charge in [-0.2, -0.15) is 0 Å². The normalized spacial score (nSPS) is 11.0. The third kappa shape index (κ3) is 15.9. The Labute approximate surface area is 114 Å². The van der Waals surface area contributed by atoms with Crippen LogP contribution in [0.2, 0.25) is 0 Å². The van der Waals surface area contributed by atoms with Crippen molar-refractivity contribution < 1.29 is 0 Å². The van der Waals surface area contributed by atoms with Crippen LogP contribution >= 0.6 is 0 Å². The van der Waals surface area contributed by atoms with E-state index in [1.807, 2.05) is 0 Å². The third-order valence-electron chi connectivity index (χ3n) is 3.10. The summed E-state index contributed by atoms with van der Waals surface area (Å²) < 4.78 is 0. The molecule has 0 spiro atoms. The second kappa shape index (κ2) is 16.9. The van der Waals surface area contributed by atoms with E-state index in [1.165, 1.54) is 58.0 Å². The number of unbranched alkanes of at least 4 members (excludes halogenated alkanes) is 4. The van der Waals surface area contributed by atoms with Crippen LogP contribution in [0.3, 0.4) is 0 Å². The fraction of sp³-hybridized carbons (Fsp3) is 1.00. The van der Waals surface area contributed by atoms with Crippen LogP contribution in [0.1, 0.15) is 58.8 Å². The maximum atomic E-state index is 3.49. The topological polar surface area (TPSA) is 36.1 Å². The molecule has 3 N–H and O–H groups in total. The minimum atomic E-state index is 1.10. The fourth-order valence-electron chi connectivity index (χ4n) is 1.89. The van der Waals surface area contributed by atoms with Crippen molar-refractivity contribution in [3.63, 3.8) is 0 Å². The third-order valence-corrected chi connectivity index (χ3v) is 3.10. The maximum absolute atomic E-state index is 3.49. The minimum absolute atomic E-state index is 1.10. The summed E-state index contributed by atoms with van der Waals surface area (Å²) in [6, 6.07) is 0. The first kappa shape index (κ1) is 17.9. The van der Waals surface area contributed by atoms with Gasteiger partial charge in [0.15, 0.2) is 0 Å². The van der Waals surface area contributed by atoms with Gasteiger partial charge in [0.25, 0.3) is 0 Å². The summed E-state index contributed by atoms with van der Waals surface area (Å²) in [7, 11) is 0. The van der Waals surface area contributed by atoms with E-state index >= 15 is 0 Å². The van der Waals surface area contributed by atoms with Gasteiger partial charge < -0.3 is 16.0 Å². The van der Waals surface area contributed by atoms with Crippen molar-refractivity contribution in [2.45, 2.75) is 58.8 Å². The highest BCUT2D eigenvalue weighted by atomic mass is 14.9. The van der Waals surface area contributed by atoms with Crippen molar-refractivity contribution in [3.05, 3.63) is 0 Å². The molecule has 0 unspecified atom stereocenters. The lowest BCUT2D eigenvalue weighted by Gasteiger charge is -2.07. The highest BCUT2D eigenvalue weighted by Crippen LogP contribution is 1.91. The molecule has 0 aliphatic heterocycles. The molecule has 0 atom stereocenters. The van der Waals surface area contributed by atoms with Crippen molar-refractivity contribution >= 4 is 0 Å². The zero-order valence-corrected chi connectivity index (χ0v) is 12.7. The second-order valence-corrected chi connectivity index (χ2v) is 5.02. The Bertz CT molecular complexity index is 124. The molecular formula is C15H35N3. The van der Waals surface area contributed by atoms with Crippen molar-refractivity contribution in [1.82, 2.24) is 16.0 Å². The summed E-state index contributed by atoms with van der Waals surface area (Å²) in [5.41, 5.74) is 0. The highest BCUT2D eigenvalue weighted by molar-refractivity contribution is 4.55. The molecule has 3 heteroatoms. The van der Waals surface area contributed by atoms with Gasteiger partial charge in [0.2, 0.25) is 0 Å². The van der Waals surface area contributed by atoms with E-state index in [0.29, 0.717) is 0 Å². The first-order chi connectivity index (χ1) is 8.91. The minimum Gasteiger partial charge on any atom is -0.317 e. The molecule has 0 aromatic carbocycles. The zero-order valence-electron chi connectivity index (χ0n) is 12.7. The van der Waals surface area contributed by atoms with E-state index in [1.54, 1.807) is 0 Å². The Balaban J connectivity index is 2.86. The van der Waals surface area contributed by atoms with E-state index in [9.17, 15) is 0 Å². The Morgan fingerprint density at radius 3 is 1.28 bits per heavy atom. The lowest BCUT2D eigenvalue weighted by molar-refractivity contribution is 0.552. The molecule has 0 aliphatic rings. The number of hydrogen-bond acceptors (Lipinski definition) is 3. The van der Waals surface area contributed by atoms with Crippen molar-refractivity contribution in [2.24, 2.45) is 0 Å². The molecule has 0 fully saturated rings. The van der Waals surface area contributed by atoms with Crippen LogP contribution in [0.25, 0.3) is 0 Å². The fourth-order valence-corrected chi connectivity index (χ4v) is 1.89. The largest absolute Gasteiger partial charge is 0.317 e. The summed E-state index contributed by atoms with van der Waals surface area (Å²) in [6.45, 7) is 11.4. The maximum Gasteiger partial charge on any atom is 0.00767 e. The Kier molecular flexibility index (Phi) is 16.8. The second-order valence-electron chi connectivity index (χ2n) is 5.02. The molecule has 0 saturated carbocycles. The number of rotatable bonds is 15. The van der Waals surface area contributed by atoms with Crippen LogP contribution in [0.4, 0.5) is 0 Å². The first-order valence-corrected chi connectivity index (χ1v) is 8.04. The SMILES string of the molecule is CCCCCNCCCNCCNCCCCC. The van der Waals surface area contributed by atoms with Gasteiger partial charge in [0.1, 0.15) is 0 Å². The monoisotopic (exact) mass is 257 g/mol. The molecule has 110 valence electrons. The van der Waals surface area contributed by atoms with E-state index in [-0.39, 0.29) is 0 Å². The molecule has 0 aromatic rings. The van der Waals surface area contributed by atoms with Gasteiger partial charge in [-0.05, 0) is 45.4 Å². The lowest BCUT2D eigenvalue weighted by atomic mass is 10.2. The molecule has 0 saturated heterocycles. The van der Waals surface area contributed by atoms with Crippen molar-refractivity contribution in [1.29, 1.82) is 0 Å². The van der Waals surface area contributed by atoms with E-state index in [0.717, 1.165) is 26.2 Å². The van der Waals surface area contributed by atoms with Gasteiger partial charge in [-0.1, -0.05) is 39.5 Å². The van der Waals surface area contributed by atoms with Crippen molar-refractivity contribution in [2.75, 3.05) is 39.3 Å². The molecule has 0 aromatic heterocycles. The van der Waals surface area contributed by atoms with Crippen LogP contribution in [-0.2, 0) is 0 Å². The smallest absolute Gasteiger partial charge is 0.00767 e. The van der Waals surface area contributed by atoms with Crippen LogP contribution in [0, 0.1) is 0 Å². The summed E-state index contributed by atoms with van der Waals surface area (Å²) >= 11 is 0. The van der Waals surface area contributed by atoms with Gasteiger partial charge in [-0.15, -0.1) is 0 Å². The average molecular weight is 257 g/mol. The molecule has 0 heterocycles. The van der Waals surface area contributed by atoms with Crippen LogP contribution in [0.15, 0.2) is 0 Å². The van der Waals surface area contributed by atoms with Crippen LogP contribution in [0.5, 0.6) is 0 Å². The Hall–Kier alpha value is -0.120. The van der Waals surface area contributed by atoms with Gasteiger partial charge in [-0.25, -0.2) is 0 Å². The molecular weight excluding hydrogens is 222 g/mol. The average Bonchev–Trinajstić information content (AvgIpc) is 2.39. The van der Waals surface area contributed by atoms with E-state index in [2.05, 4.69) is 29.8 Å². The summed E-state index contributed by atoms with van der Waals surface area (Å²) in [5.74, 6) is 0. The van der Waals surface area contributed by atoms with Crippen LogP contribution < -0.4 is 16.0 Å². The molecule has 0 radical (unpaired) electrons. The first-order valence-electron chi connectivity index (χ1n) is 8.04. The summed E-state index contributed by atoms with van der Waals surface area (Å²) in [6.07, 6.45) is 9.21. The molecule has 0 bridgehead atoms. The Morgan fingerprint density at radius 2 is 0.833 bits per heavy atom. The van der Waals surface area contributed by atoms with Crippen LogP contribution in [-0.4, -0.2) is 39.3 Å². The summed E-state index contributed by atoms with van der Waals surface area (Å²) in [4.78, 5) is 0. The Morgan fingerprint density at radius 1 is 0.444 bits per heavy atom. The number of nitrogens with one attached hydrogen (secondary N) is 3. The molecule has 3 nitrogen and oxygen atoms in total. The van der Waals surface area contributed by atoms with Gasteiger partial charge in [-0.3, -0.25) is 0 Å². The predicted octanol–water partition coefficient (Wildman–Crippen LogP) is 2.53. The standard InChI is InChI=1S/C15H35N3/c1-3-5-7-10-16-12-9-13-18-15-14-17-11-8-6-4-2/h16-18H,3-15H2,1-2H3. The van der Waals surface area contributed by atoms with Gasteiger partial charge in [0.05, 0.1) is 0 Å². The highest BCUT2D eigenvalue weighted by Gasteiger charge is 1.90. The summed E-state index contributed by atoms with van der Waals surface area (Å²) in [5, 5.41) is 10.4. The lowest BCUT2D eigenvalue weighted by Crippen LogP contribution is -2.30. The molecule has 0 rings (SSSR count). The van der Waals surface area contributed by atoms with Crippen molar-refractivity contribution in [3.8, 4) is 0 Å². The van der Waals surface area contributed by atoms with Gasteiger partial charge in [0, 0.05) is 13.1 Å². The quantitative estimate of drug-likeness (QED) is 0.395. The van der Waals surface area contributed by atoms with E-state index < -0.39 is 0 Å². The number of hydrogen-bond donors (Lipinski definition) is 3.